The highest BCUT2D eigenvalue weighted by atomic mass is 32.1. The van der Waals surface area contributed by atoms with Gasteiger partial charge in [0.05, 0.1) is 11.4 Å². The Kier molecular flexibility index (Phi) is 7.75. The Bertz CT molecular complexity index is 3600. The van der Waals surface area contributed by atoms with Crippen LogP contribution in [0.4, 0.5) is 0 Å². The molecule has 0 bridgehead atoms. The van der Waals surface area contributed by atoms with E-state index in [0.29, 0.717) is 5.82 Å². The van der Waals surface area contributed by atoms with Crippen LogP contribution >= 0.6 is 11.3 Å². The number of hydrogen-bond donors (Lipinski definition) is 0. The van der Waals surface area contributed by atoms with Crippen molar-refractivity contribution in [2.24, 2.45) is 0 Å². The van der Waals surface area contributed by atoms with E-state index in [-0.39, 0.29) is 0 Å². The second-order valence-corrected chi connectivity index (χ2v) is 16.3. The normalized spacial score (nSPS) is 11.7. The van der Waals surface area contributed by atoms with Gasteiger partial charge in [-0.2, -0.15) is 0 Å². The predicted octanol–water partition coefficient (Wildman–Crippen LogP) is 15.8. The first kappa shape index (κ1) is 33.7. The van der Waals surface area contributed by atoms with Crippen molar-refractivity contribution in [3.05, 3.63) is 206 Å². The lowest BCUT2D eigenvalue weighted by atomic mass is 9.88. The average Bonchev–Trinajstić information content (AvgIpc) is 3.70. The van der Waals surface area contributed by atoms with E-state index in [1.807, 2.05) is 17.4 Å². The van der Waals surface area contributed by atoms with Crippen molar-refractivity contribution in [1.29, 1.82) is 0 Å². The first-order valence-electron chi connectivity index (χ1n) is 20.1. The van der Waals surface area contributed by atoms with Gasteiger partial charge in [0.1, 0.15) is 0 Å². The molecule has 274 valence electrons. The maximum Gasteiger partial charge on any atom is 0.160 e. The molecule has 2 aromatic heterocycles. The Balaban J connectivity index is 1.01. The topological polar surface area (TPSA) is 25.8 Å². The Morgan fingerprint density at radius 1 is 0.305 bits per heavy atom. The van der Waals surface area contributed by atoms with E-state index in [9.17, 15) is 0 Å². The second-order valence-electron chi connectivity index (χ2n) is 15.2. The molecule has 0 unspecified atom stereocenters. The molecule has 0 atom stereocenters. The van der Waals surface area contributed by atoms with Crippen molar-refractivity contribution in [3.8, 4) is 56.2 Å². The van der Waals surface area contributed by atoms with Crippen LogP contribution in [0.3, 0.4) is 0 Å². The van der Waals surface area contributed by atoms with Crippen LogP contribution in [0.25, 0.3) is 119 Å². The van der Waals surface area contributed by atoms with E-state index in [1.165, 1.54) is 80.1 Å². The fourth-order valence-electron chi connectivity index (χ4n) is 9.15. The molecule has 0 N–H and O–H groups in total. The number of hydrogen-bond acceptors (Lipinski definition) is 3. The van der Waals surface area contributed by atoms with Gasteiger partial charge in [0.15, 0.2) is 5.82 Å². The second kappa shape index (κ2) is 13.6. The molecule has 0 fully saturated rings. The monoisotopic (exact) mass is 766 g/mol. The molecule has 0 aliphatic heterocycles. The zero-order chi connectivity index (χ0) is 38.9. The summed E-state index contributed by atoms with van der Waals surface area (Å²) in [7, 11) is 0. The van der Waals surface area contributed by atoms with Crippen LogP contribution in [0.2, 0.25) is 0 Å². The Morgan fingerprint density at radius 3 is 1.73 bits per heavy atom. The maximum atomic E-state index is 5.29. The predicted molar refractivity (Wildman–Crippen MR) is 252 cm³/mol. The van der Waals surface area contributed by atoms with Gasteiger partial charge in [-0.15, -0.1) is 11.3 Å². The third-order valence-electron chi connectivity index (χ3n) is 11.9. The van der Waals surface area contributed by atoms with Gasteiger partial charge >= 0.3 is 0 Å². The van der Waals surface area contributed by atoms with E-state index in [2.05, 4.69) is 200 Å². The molecule has 10 aromatic carbocycles. The lowest BCUT2D eigenvalue weighted by Crippen LogP contribution is -1.97. The minimum Gasteiger partial charge on any atom is -0.228 e. The number of fused-ring (bicyclic) bond motifs is 8. The fourth-order valence-corrected chi connectivity index (χ4v) is 10.3. The number of rotatable bonds is 5. The Labute approximate surface area is 345 Å². The number of benzene rings is 10. The van der Waals surface area contributed by atoms with E-state index < -0.39 is 0 Å². The molecule has 0 aliphatic rings. The molecular weight excluding hydrogens is 733 g/mol. The van der Waals surface area contributed by atoms with E-state index in [1.54, 1.807) is 0 Å². The molecule has 2 nitrogen and oxygen atoms in total. The highest BCUT2D eigenvalue weighted by molar-refractivity contribution is 7.25. The van der Waals surface area contributed by atoms with Crippen LogP contribution in [-0.4, -0.2) is 9.97 Å². The molecule has 0 saturated heterocycles. The molecule has 12 aromatic rings. The standard InChI is InChI=1S/C56H34N2S/c1-2-14-38(15-3-1)56-57-50(34-51(58-56)47-22-12-24-53-55(47)48-21-10-11-23-52(48)59-53)45-32-31-41(43-19-8-9-20-44(43)45)36-25-27-37(28-26-36)54-42-18-7-5-16-39(42)33-49-40-17-6-4-13-35(40)29-30-46(49)54/h1-34H. The van der Waals surface area contributed by atoms with E-state index >= 15 is 0 Å². The van der Waals surface area contributed by atoms with Crippen LogP contribution in [0.5, 0.6) is 0 Å². The molecule has 12 rings (SSSR count). The van der Waals surface area contributed by atoms with E-state index in [0.717, 1.165) is 33.5 Å². The quantitative estimate of drug-likeness (QED) is 0.129. The number of nitrogens with zero attached hydrogens (tertiary/aromatic N) is 2. The molecule has 0 saturated carbocycles. The average molecular weight is 767 g/mol. The molecule has 59 heavy (non-hydrogen) atoms. The molecular formula is C56H34N2S. The Hall–Kier alpha value is -7.46. The summed E-state index contributed by atoms with van der Waals surface area (Å²) in [4.78, 5) is 10.5. The first-order chi connectivity index (χ1) is 29.2. The van der Waals surface area contributed by atoms with Gasteiger partial charge in [-0.1, -0.05) is 182 Å². The summed E-state index contributed by atoms with van der Waals surface area (Å²) in [5.74, 6) is 0.715. The summed E-state index contributed by atoms with van der Waals surface area (Å²) in [6.07, 6.45) is 0. The van der Waals surface area contributed by atoms with Crippen LogP contribution in [0, 0.1) is 0 Å². The van der Waals surface area contributed by atoms with Gasteiger partial charge in [-0.25, -0.2) is 9.97 Å². The zero-order valence-corrected chi connectivity index (χ0v) is 32.7. The van der Waals surface area contributed by atoms with Gasteiger partial charge in [0.25, 0.3) is 0 Å². The van der Waals surface area contributed by atoms with Crippen LogP contribution < -0.4 is 0 Å². The lowest BCUT2D eigenvalue weighted by Gasteiger charge is -2.16. The SMILES string of the molecule is c1ccc(-c2nc(-c3ccc(-c4ccc(-c5c6ccccc6cc6c5ccc5ccccc56)cc4)c4ccccc34)cc(-c3cccc4sc5ccccc5c34)n2)cc1. The van der Waals surface area contributed by atoms with Crippen molar-refractivity contribution in [2.45, 2.75) is 0 Å². The smallest absolute Gasteiger partial charge is 0.160 e. The van der Waals surface area contributed by atoms with Crippen molar-refractivity contribution >= 4 is 74.6 Å². The van der Waals surface area contributed by atoms with Crippen molar-refractivity contribution in [3.63, 3.8) is 0 Å². The minimum atomic E-state index is 0.715. The van der Waals surface area contributed by atoms with Gasteiger partial charge in [0, 0.05) is 36.9 Å². The zero-order valence-electron chi connectivity index (χ0n) is 31.9. The van der Waals surface area contributed by atoms with Gasteiger partial charge in [-0.05, 0) is 89.6 Å². The van der Waals surface area contributed by atoms with Crippen LogP contribution in [0.1, 0.15) is 0 Å². The minimum absolute atomic E-state index is 0.715. The number of thiophene rings is 1. The third kappa shape index (κ3) is 5.55. The highest BCUT2D eigenvalue weighted by Crippen LogP contribution is 2.43. The molecule has 0 aliphatic carbocycles. The van der Waals surface area contributed by atoms with Gasteiger partial charge in [-0.3, -0.25) is 0 Å². The summed E-state index contributed by atoms with van der Waals surface area (Å²) >= 11 is 1.83. The van der Waals surface area contributed by atoms with Crippen LogP contribution in [0.15, 0.2) is 206 Å². The molecule has 3 heteroatoms. The highest BCUT2D eigenvalue weighted by Gasteiger charge is 2.18. The maximum absolute atomic E-state index is 5.29. The van der Waals surface area contributed by atoms with Crippen molar-refractivity contribution in [2.75, 3.05) is 0 Å². The molecule has 0 amide bonds. The fraction of sp³-hybridized carbons (Fsp3) is 0. The summed E-state index contributed by atoms with van der Waals surface area (Å²) in [6, 6.07) is 74.6. The summed E-state index contributed by atoms with van der Waals surface area (Å²) in [6.45, 7) is 0. The third-order valence-corrected chi connectivity index (χ3v) is 13.0. The van der Waals surface area contributed by atoms with Crippen molar-refractivity contribution < 1.29 is 0 Å². The lowest BCUT2D eigenvalue weighted by molar-refractivity contribution is 1.19. The summed E-state index contributed by atoms with van der Waals surface area (Å²) in [5.41, 5.74) is 9.86. The molecule has 0 radical (unpaired) electrons. The molecule has 2 heterocycles. The number of aromatic nitrogens is 2. The largest absolute Gasteiger partial charge is 0.228 e. The van der Waals surface area contributed by atoms with Gasteiger partial charge < -0.3 is 0 Å². The Morgan fingerprint density at radius 2 is 0.915 bits per heavy atom. The molecule has 0 spiro atoms. The van der Waals surface area contributed by atoms with E-state index in [4.69, 9.17) is 9.97 Å². The van der Waals surface area contributed by atoms with Gasteiger partial charge in [0.2, 0.25) is 0 Å². The summed E-state index contributed by atoms with van der Waals surface area (Å²) in [5, 5.41) is 12.5. The van der Waals surface area contributed by atoms with Crippen molar-refractivity contribution in [1.82, 2.24) is 9.97 Å². The van der Waals surface area contributed by atoms with Crippen LogP contribution in [-0.2, 0) is 0 Å². The summed E-state index contributed by atoms with van der Waals surface area (Å²) < 4.78 is 2.54. The first-order valence-corrected chi connectivity index (χ1v) is 20.9.